The van der Waals surface area contributed by atoms with Gasteiger partial charge in [-0.3, -0.25) is 4.79 Å². The van der Waals surface area contributed by atoms with Gasteiger partial charge in [0.25, 0.3) is 0 Å². The number of ether oxygens (including phenoxy) is 1. The van der Waals surface area contributed by atoms with Crippen LogP contribution in [0.5, 0.6) is 0 Å². The van der Waals surface area contributed by atoms with E-state index in [0.717, 1.165) is 6.42 Å². The number of nitrogens with one attached hydrogen (secondary N) is 2. The molecule has 2 unspecified atom stereocenters. The van der Waals surface area contributed by atoms with Crippen molar-refractivity contribution in [3.8, 4) is 0 Å². The minimum absolute atomic E-state index is 0.0437. The number of amides is 1. The van der Waals surface area contributed by atoms with Crippen molar-refractivity contribution in [2.45, 2.75) is 39.3 Å². The molecule has 1 rings (SSSR count). The average Bonchev–Trinajstić information content (AvgIpc) is 2.71. The number of carbonyl (C=O) groups is 1. The molecule has 1 saturated carbocycles. The summed E-state index contributed by atoms with van der Waals surface area (Å²) in [5, 5.41) is 6.11. The molecule has 0 radical (unpaired) electrons. The smallest absolute Gasteiger partial charge is 0.234 e. The topological polar surface area (TPSA) is 50.4 Å². The van der Waals surface area contributed by atoms with E-state index in [1.165, 1.54) is 0 Å². The molecule has 2 atom stereocenters. The van der Waals surface area contributed by atoms with Gasteiger partial charge in [-0.2, -0.15) is 0 Å². The van der Waals surface area contributed by atoms with Crippen LogP contribution in [0.4, 0.5) is 0 Å². The molecule has 15 heavy (non-hydrogen) atoms. The first-order chi connectivity index (χ1) is 6.95. The van der Waals surface area contributed by atoms with Gasteiger partial charge in [0.1, 0.15) is 0 Å². The number of hydrogen-bond acceptors (Lipinski definition) is 3. The largest absolute Gasteiger partial charge is 0.383 e. The molecule has 0 saturated heterocycles. The van der Waals surface area contributed by atoms with Crippen molar-refractivity contribution in [3.05, 3.63) is 0 Å². The first kappa shape index (κ1) is 12.5. The highest BCUT2D eigenvalue weighted by atomic mass is 16.5. The van der Waals surface area contributed by atoms with Crippen molar-refractivity contribution >= 4 is 5.91 Å². The molecule has 1 aliphatic rings. The lowest BCUT2D eigenvalue weighted by Crippen LogP contribution is -2.41. The monoisotopic (exact) mass is 214 g/mol. The Morgan fingerprint density at radius 2 is 2.20 bits per heavy atom. The van der Waals surface area contributed by atoms with E-state index in [-0.39, 0.29) is 11.9 Å². The molecular formula is C11H22N2O2. The highest BCUT2D eigenvalue weighted by Gasteiger charge is 2.45. The van der Waals surface area contributed by atoms with E-state index in [1.807, 2.05) is 6.92 Å². The van der Waals surface area contributed by atoms with Gasteiger partial charge in [0.05, 0.1) is 13.2 Å². The summed E-state index contributed by atoms with van der Waals surface area (Å²) in [6, 6.07) is 0.581. The quantitative estimate of drug-likeness (QED) is 0.678. The van der Waals surface area contributed by atoms with Crippen LogP contribution < -0.4 is 10.6 Å². The van der Waals surface area contributed by atoms with Crippen LogP contribution in [0.2, 0.25) is 0 Å². The first-order valence-corrected chi connectivity index (χ1v) is 5.47. The maximum absolute atomic E-state index is 11.4. The predicted molar refractivity (Wildman–Crippen MR) is 59.7 cm³/mol. The van der Waals surface area contributed by atoms with Crippen molar-refractivity contribution in [2.75, 3.05) is 20.3 Å². The Morgan fingerprint density at radius 1 is 1.60 bits per heavy atom. The van der Waals surface area contributed by atoms with E-state index in [9.17, 15) is 4.79 Å². The normalized spacial score (nSPS) is 24.7. The van der Waals surface area contributed by atoms with Crippen molar-refractivity contribution in [3.63, 3.8) is 0 Å². The lowest BCUT2D eigenvalue weighted by Gasteiger charge is -2.13. The number of hydrogen-bond donors (Lipinski definition) is 2. The maximum Gasteiger partial charge on any atom is 0.234 e. The molecule has 88 valence electrons. The zero-order valence-corrected chi connectivity index (χ0v) is 10.1. The van der Waals surface area contributed by atoms with Crippen LogP contribution >= 0.6 is 0 Å². The van der Waals surface area contributed by atoms with Crippen LogP contribution in [0.15, 0.2) is 0 Å². The fraction of sp³-hybridized carbons (Fsp3) is 0.909. The van der Waals surface area contributed by atoms with Crippen molar-refractivity contribution in [1.29, 1.82) is 0 Å². The summed E-state index contributed by atoms with van der Waals surface area (Å²) in [7, 11) is 1.63. The fourth-order valence-electron chi connectivity index (χ4n) is 1.65. The van der Waals surface area contributed by atoms with E-state index < -0.39 is 0 Å². The molecular weight excluding hydrogens is 192 g/mol. The molecule has 0 bridgehead atoms. The third-order valence-electron chi connectivity index (χ3n) is 2.85. The van der Waals surface area contributed by atoms with E-state index in [2.05, 4.69) is 24.5 Å². The van der Waals surface area contributed by atoms with Gasteiger partial charge >= 0.3 is 0 Å². The van der Waals surface area contributed by atoms with Crippen LogP contribution in [0, 0.1) is 5.41 Å². The van der Waals surface area contributed by atoms with Crippen LogP contribution in [0.1, 0.15) is 27.2 Å². The number of methoxy groups -OCH3 is 1. The van der Waals surface area contributed by atoms with E-state index >= 15 is 0 Å². The summed E-state index contributed by atoms with van der Waals surface area (Å²) in [5.41, 5.74) is 0.373. The summed E-state index contributed by atoms with van der Waals surface area (Å²) in [4.78, 5) is 11.4. The highest BCUT2D eigenvalue weighted by molar-refractivity contribution is 5.78. The second kappa shape index (κ2) is 4.94. The van der Waals surface area contributed by atoms with Gasteiger partial charge in [0.2, 0.25) is 5.91 Å². The highest BCUT2D eigenvalue weighted by Crippen LogP contribution is 2.44. The molecule has 1 amide bonds. The Labute approximate surface area is 91.8 Å². The van der Waals surface area contributed by atoms with Gasteiger partial charge in [-0.25, -0.2) is 0 Å². The summed E-state index contributed by atoms with van der Waals surface area (Å²) >= 11 is 0. The lowest BCUT2D eigenvalue weighted by molar-refractivity contribution is -0.121. The van der Waals surface area contributed by atoms with Crippen LogP contribution in [0.25, 0.3) is 0 Å². The molecule has 4 heteroatoms. The zero-order chi connectivity index (χ0) is 11.5. The number of rotatable bonds is 6. The van der Waals surface area contributed by atoms with E-state index in [0.29, 0.717) is 24.6 Å². The molecule has 0 heterocycles. The first-order valence-electron chi connectivity index (χ1n) is 5.47. The fourth-order valence-corrected chi connectivity index (χ4v) is 1.65. The Balaban J connectivity index is 2.09. The Kier molecular flexibility index (Phi) is 4.11. The SMILES string of the molecule is COCC(C)NC(=O)CNC1CC1(C)C. The van der Waals surface area contributed by atoms with Gasteiger partial charge in [-0.05, 0) is 18.8 Å². The second-order valence-electron chi connectivity index (χ2n) is 5.05. The lowest BCUT2D eigenvalue weighted by atomic mass is 10.2. The Hall–Kier alpha value is -0.610. The second-order valence-corrected chi connectivity index (χ2v) is 5.05. The summed E-state index contributed by atoms with van der Waals surface area (Å²) < 4.78 is 4.94. The van der Waals surface area contributed by atoms with Crippen molar-refractivity contribution < 1.29 is 9.53 Å². The van der Waals surface area contributed by atoms with Gasteiger partial charge in [0, 0.05) is 19.2 Å². The number of carbonyl (C=O) groups excluding carboxylic acids is 1. The van der Waals surface area contributed by atoms with Gasteiger partial charge in [-0.15, -0.1) is 0 Å². The van der Waals surface area contributed by atoms with Gasteiger partial charge in [-0.1, -0.05) is 13.8 Å². The molecule has 1 fully saturated rings. The molecule has 0 aromatic carbocycles. The van der Waals surface area contributed by atoms with Crippen LogP contribution in [-0.4, -0.2) is 38.3 Å². The minimum Gasteiger partial charge on any atom is -0.383 e. The molecule has 0 aromatic rings. The molecule has 2 N–H and O–H groups in total. The van der Waals surface area contributed by atoms with Gasteiger partial charge in [0.15, 0.2) is 0 Å². The van der Waals surface area contributed by atoms with Gasteiger partial charge < -0.3 is 15.4 Å². The molecule has 0 aromatic heterocycles. The van der Waals surface area contributed by atoms with E-state index in [1.54, 1.807) is 7.11 Å². The molecule has 0 aliphatic heterocycles. The van der Waals surface area contributed by atoms with E-state index in [4.69, 9.17) is 4.74 Å². The van der Waals surface area contributed by atoms with Crippen molar-refractivity contribution in [1.82, 2.24) is 10.6 Å². The summed E-state index contributed by atoms with van der Waals surface area (Å²) in [6.07, 6.45) is 1.16. The summed E-state index contributed by atoms with van der Waals surface area (Å²) in [6.45, 7) is 7.30. The minimum atomic E-state index is 0.0437. The third-order valence-corrected chi connectivity index (χ3v) is 2.85. The third kappa shape index (κ3) is 4.18. The Bertz CT molecular complexity index is 229. The standard InChI is InChI=1S/C11H22N2O2/c1-8(7-15-4)13-10(14)6-12-9-5-11(9,2)3/h8-9,12H,5-7H2,1-4H3,(H,13,14). The molecule has 1 aliphatic carbocycles. The summed E-state index contributed by atoms with van der Waals surface area (Å²) in [5.74, 6) is 0.0437. The van der Waals surface area contributed by atoms with Crippen LogP contribution in [0.3, 0.4) is 0 Å². The molecule has 0 spiro atoms. The van der Waals surface area contributed by atoms with Crippen LogP contribution in [-0.2, 0) is 9.53 Å². The van der Waals surface area contributed by atoms with Crippen molar-refractivity contribution in [2.24, 2.45) is 5.41 Å². The predicted octanol–water partition coefficient (Wildman–Crippen LogP) is 0.526. The maximum atomic E-state index is 11.4. The Morgan fingerprint density at radius 3 is 2.67 bits per heavy atom. The average molecular weight is 214 g/mol. The molecule has 4 nitrogen and oxygen atoms in total. The zero-order valence-electron chi connectivity index (χ0n) is 10.1.